The molecule has 3 heterocycles. The Balaban J connectivity index is 2.15. The average Bonchev–Trinajstić information content (AvgIpc) is 2.75. The number of rotatable bonds is 1. The molecule has 0 spiro atoms. The summed E-state index contributed by atoms with van der Waals surface area (Å²) < 4.78 is 1.69. The largest absolute Gasteiger partial charge is 0.287 e. The lowest BCUT2D eigenvalue weighted by molar-refractivity contribution is 0.715. The molecule has 1 aliphatic heterocycles. The van der Waals surface area contributed by atoms with Gasteiger partial charge in [0.1, 0.15) is 5.69 Å². The Morgan fingerprint density at radius 1 is 1.25 bits per heavy atom. The molecule has 2 aromatic rings. The van der Waals surface area contributed by atoms with Crippen LogP contribution in [0.15, 0.2) is 23.5 Å². The minimum absolute atomic E-state index is 0.561. The number of nitrogens with zero attached hydrogens (tertiary/aromatic N) is 6. The van der Waals surface area contributed by atoms with Crippen LogP contribution in [0.2, 0.25) is 0 Å². The van der Waals surface area contributed by atoms with Gasteiger partial charge in [-0.25, -0.2) is 9.97 Å². The third kappa shape index (κ3) is 1.30. The van der Waals surface area contributed by atoms with Gasteiger partial charge in [-0.1, -0.05) is 5.21 Å². The quantitative estimate of drug-likeness (QED) is 0.690. The Hall–Kier alpha value is -2.11. The molecular formula is C10H10N6. The fourth-order valence-corrected chi connectivity index (χ4v) is 1.77. The van der Waals surface area contributed by atoms with Gasteiger partial charge < -0.3 is 0 Å². The zero-order valence-corrected chi connectivity index (χ0v) is 8.83. The van der Waals surface area contributed by atoms with Crippen molar-refractivity contribution in [2.24, 2.45) is 4.99 Å². The zero-order valence-electron chi connectivity index (χ0n) is 8.83. The van der Waals surface area contributed by atoms with E-state index in [1.807, 2.05) is 6.92 Å². The smallest absolute Gasteiger partial charge is 0.252 e. The van der Waals surface area contributed by atoms with Gasteiger partial charge in [0.2, 0.25) is 0 Å². The van der Waals surface area contributed by atoms with Crippen LogP contribution in [0.5, 0.6) is 0 Å². The molecule has 0 atom stereocenters. The van der Waals surface area contributed by atoms with Gasteiger partial charge in [0.25, 0.3) is 5.95 Å². The Morgan fingerprint density at radius 3 is 2.88 bits per heavy atom. The van der Waals surface area contributed by atoms with Gasteiger partial charge >= 0.3 is 0 Å². The molecule has 0 N–H and O–H groups in total. The summed E-state index contributed by atoms with van der Waals surface area (Å²) >= 11 is 0. The predicted octanol–water partition coefficient (Wildman–Crippen LogP) is 0.422. The molecule has 6 heteroatoms. The maximum atomic E-state index is 4.34. The molecule has 0 unspecified atom stereocenters. The highest BCUT2D eigenvalue weighted by Gasteiger charge is 2.20. The fraction of sp³-hybridized carbons (Fsp3) is 0.300. The van der Waals surface area contributed by atoms with Crippen molar-refractivity contribution in [1.29, 1.82) is 0 Å². The summed E-state index contributed by atoms with van der Waals surface area (Å²) in [5, 5.41) is 8.20. The van der Waals surface area contributed by atoms with Crippen LogP contribution < -0.4 is 0 Å². The van der Waals surface area contributed by atoms with Gasteiger partial charge in [-0.15, -0.1) is 5.10 Å². The second-order valence-corrected chi connectivity index (χ2v) is 3.56. The summed E-state index contributed by atoms with van der Waals surface area (Å²) in [6.07, 6.45) is 4.22. The van der Waals surface area contributed by atoms with Crippen molar-refractivity contribution in [3.8, 4) is 5.95 Å². The molecule has 0 amide bonds. The van der Waals surface area contributed by atoms with E-state index in [2.05, 4.69) is 25.3 Å². The van der Waals surface area contributed by atoms with Gasteiger partial charge in [-0.3, -0.25) is 4.99 Å². The molecule has 1 aliphatic rings. The first-order valence-corrected chi connectivity index (χ1v) is 5.09. The summed E-state index contributed by atoms with van der Waals surface area (Å²) in [5.41, 5.74) is 2.83. The van der Waals surface area contributed by atoms with Crippen LogP contribution in [0, 0.1) is 0 Å². The van der Waals surface area contributed by atoms with Crippen molar-refractivity contribution in [2.75, 3.05) is 6.54 Å². The molecule has 0 fully saturated rings. The second-order valence-electron chi connectivity index (χ2n) is 3.56. The van der Waals surface area contributed by atoms with E-state index < -0.39 is 0 Å². The molecule has 16 heavy (non-hydrogen) atoms. The Labute approximate surface area is 92.1 Å². The Morgan fingerprint density at radius 2 is 2.06 bits per heavy atom. The molecular weight excluding hydrogens is 204 g/mol. The molecule has 80 valence electrons. The first-order valence-electron chi connectivity index (χ1n) is 5.09. The van der Waals surface area contributed by atoms with Crippen LogP contribution in [-0.4, -0.2) is 37.2 Å². The van der Waals surface area contributed by atoms with Crippen LogP contribution in [0.4, 0.5) is 0 Å². The highest BCUT2D eigenvalue weighted by molar-refractivity contribution is 5.98. The van der Waals surface area contributed by atoms with E-state index in [1.165, 1.54) is 0 Å². The van der Waals surface area contributed by atoms with E-state index in [1.54, 1.807) is 23.1 Å². The highest BCUT2D eigenvalue weighted by atomic mass is 15.5. The predicted molar refractivity (Wildman–Crippen MR) is 57.7 cm³/mol. The molecule has 0 saturated heterocycles. The molecule has 0 aliphatic carbocycles. The third-order valence-electron chi connectivity index (χ3n) is 2.55. The lowest BCUT2D eigenvalue weighted by Gasteiger charge is -2.09. The van der Waals surface area contributed by atoms with E-state index >= 15 is 0 Å². The first kappa shape index (κ1) is 9.14. The topological polar surface area (TPSA) is 68.8 Å². The van der Waals surface area contributed by atoms with E-state index in [-0.39, 0.29) is 0 Å². The van der Waals surface area contributed by atoms with Gasteiger partial charge in [0.15, 0.2) is 0 Å². The fourth-order valence-electron chi connectivity index (χ4n) is 1.77. The first-order chi connectivity index (χ1) is 7.86. The lowest BCUT2D eigenvalue weighted by atomic mass is 10.1. The summed E-state index contributed by atoms with van der Waals surface area (Å²) in [7, 11) is 0. The van der Waals surface area contributed by atoms with Crippen molar-refractivity contribution in [3.63, 3.8) is 0 Å². The van der Waals surface area contributed by atoms with Crippen LogP contribution in [0.3, 0.4) is 0 Å². The van der Waals surface area contributed by atoms with E-state index in [0.29, 0.717) is 5.95 Å². The van der Waals surface area contributed by atoms with Gasteiger partial charge in [0, 0.05) is 25.4 Å². The van der Waals surface area contributed by atoms with Crippen LogP contribution >= 0.6 is 0 Å². The van der Waals surface area contributed by atoms with Crippen LogP contribution in [0.1, 0.15) is 18.3 Å². The van der Waals surface area contributed by atoms with Crippen molar-refractivity contribution in [1.82, 2.24) is 25.0 Å². The van der Waals surface area contributed by atoms with Crippen molar-refractivity contribution >= 4 is 5.71 Å². The van der Waals surface area contributed by atoms with Crippen LogP contribution in [0.25, 0.3) is 5.95 Å². The van der Waals surface area contributed by atoms with Crippen molar-refractivity contribution in [2.45, 2.75) is 13.3 Å². The summed E-state index contributed by atoms with van der Waals surface area (Å²) in [6.45, 7) is 2.72. The zero-order chi connectivity index (χ0) is 11.0. The van der Waals surface area contributed by atoms with Crippen molar-refractivity contribution < 1.29 is 0 Å². The minimum atomic E-state index is 0.561. The number of fused-ring (bicyclic) bond motifs is 1. The molecule has 2 aromatic heterocycles. The summed E-state index contributed by atoms with van der Waals surface area (Å²) in [5.74, 6) is 0.561. The lowest BCUT2D eigenvalue weighted by Crippen LogP contribution is -2.14. The monoisotopic (exact) mass is 214 g/mol. The molecule has 0 bridgehead atoms. The summed E-state index contributed by atoms with van der Waals surface area (Å²) in [6, 6.07) is 1.78. The van der Waals surface area contributed by atoms with Gasteiger partial charge in [-0.05, 0) is 13.0 Å². The third-order valence-corrected chi connectivity index (χ3v) is 2.55. The molecule has 6 nitrogen and oxygen atoms in total. The van der Waals surface area contributed by atoms with E-state index in [9.17, 15) is 0 Å². The highest BCUT2D eigenvalue weighted by Crippen LogP contribution is 2.15. The average molecular weight is 214 g/mol. The molecule has 0 aromatic carbocycles. The number of aromatic nitrogens is 5. The molecule has 3 rings (SSSR count). The SMILES string of the molecule is CC1=NCCc2c1nnn2-c1ncccn1. The normalized spacial score (nSPS) is 14.4. The minimum Gasteiger partial charge on any atom is -0.287 e. The maximum Gasteiger partial charge on any atom is 0.252 e. The standard InChI is InChI=1S/C10H10N6/c1-7-9-8(3-6-11-7)16(15-14-9)10-12-4-2-5-13-10/h2,4-5H,3,6H2,1H3. The van der Waals surface area contributed by atoms with E-state index in [0.717, 1.165) is 30.1 Å². The number of hydrogen-bond acceptors (Lipinski definition) is 5. The Kier molecular flexibility index (Phi) is 1.99. The Bertz CT molecular complexity index is 542. The number of hydrogen-bond donors (Lipinski definition) is 0. The molecule has 0 saturated carbocycles. The van der Waals surface area contributed by atoms with Gasteiger partial charge in [-0.2, -0.15) is 4.68 Å². The second kappa shape index (κ2) is 3.48. The van der Waals surface area contributed by atoms with Crippen LogP contribution in [-0.2, 0) is 6.42 Å². The van der Waals surface area contributed by atoms with Gasteiger partial charge in [0.05, 0.1) is 11.4 Å². The maximum absolute atomic E-state index is 4.34. The molecule has 0 radical (unpaired) electrons. The van der Waals surface area contributed by atoms with E-state index in [4.69, 9.17) is 0 Å². The summed E-state index contributed by atoms with van der Waals surface area (Å²) in [4.78, 5) is 12.7. The van der Waals surface area contributed by atoms with Crippen molar-refractivity contribution in [3.05, 3.63) is 29.8 Å². The number of aliphatic imine (C=N–C) groups is 1.